The van der Waals surface area contributed by atoms with Gasteiger partial charge in [-0.15, -0.1) is 0 Å². The summed E-state index contributed by atoms with van der Waals surface area (Å²) in [6.45, 7) is 1.95. The number of aromatic amines is 1. The zero-order chi connectivity index (χ0) is 18.1. The standard InChI is InChI=1S/C16H20N6.CH2O2/c1-15(6-2-7-15)16(18)11-4-3-10(12-5-8-19-22-12)9-13(11)20-14(17)21-16;2-1-3/h3-5,8-9H,2,6-7,18H2,1H3,(H,19,22)(H3,17,20,21);1H,(H,2,3). The van der Waals surface area contributed by atoms with E-state index >= 15 is 0 Å². The van der Waals surface area contributed by atoms with Crippen molar-refractivity contribution in [3.63, 3.8) is 0 Å². The summed E-state index contributed by atoms with van der Waals surface area (Å²) >= 11 is 0. The highest BCUT2D eigenvalue weighted by molar-refractivity contribution is 5.96. The van der Waals surface area contributed by atoms with Crippen LogP contribution in [-0.4, -0.2) is 27.7 Å². The van der Waals surface area contributed by atoms with Crippen LogP contribution in [0.3, 0.4) is 0 Å². The predicted molar refractivity (Wildman–Crippen MR) is 95.8 cm³/mol. The lowest BCUT2D eigenvalue weighted by molar-refractivity contribution is -0.122. The molecule has 4 rings (SSSR count). The van der Waals surface area contributed by atoms with Gasteiger partial charge in [0.1, 0.15) is 5.66 Å². The first kappa shape index (κ1) is 17.0. The van der Waals surface area contributed by atoms with Crippen molar-refractivity contribution in [2.45, 2.75) is 31.8 Å². The highest BCUT2D eigenvalue weighted by Gasteiger charge is 2.52. The molecular formula is C17H22N6O2. The van der Waals surface area contributed by atoms with Crippen LogP contribution >= 0.6 is 0 Å². The molecule has 132 valence electrons. The van der Waals surface area contributed by atoms with Crippen LogP contribution in [-0.2, 0) is 10.5 Å². The van der Waals surface area contributed by atoms with Crippen molar-refractivity contribution in [3.05, 3.63) is 36.0 Å². The van der Waals surface area contributed by atoms with Crippen LogP contribution in [0.4, 0.5) is 5.69 Å². The predicted octanol–water partition coefficient (Wildman–Crippen LogP) is 1.82. The van der Waals surface area contributed by atoms with E-state index in [9.17, 15) is 0 Å². The van der Waals surface area contributed by atoms with Gasteiger partial charge < -0.3 is 21.9 Å². The number of nitrogens with two attached hydrogens (primary N) is 2. The first-order valence-electron chi connectivity index (χ1n) is 8.07. The molecule has 2 heterocycles. The number of benzene rings is 1. The van der Waals surface area contributed by atoms with E-state index in [2.05, 4.69) is 39.6 Å². The number of nitrogens with zero attached hydrogens (tertiary/aromatic N) is 2. The minimum absolute atomic E-state index is 0.0377. The second-order valence-electron chi connectivity index (χ2n) is 6.64. The molecule has 8 heteroatoms. The Labute approximate surface area is 145 Å². The molecule has 1 saturated carbocycles. The van der Waals surface area contributed by atoms with Crippen LogP contribution in [0, 0.1) is 5.41 Å². The Hall–Kier alpha value is -2.87. The lowest BCUT2D eigenvalue weighted by Crippen LogP contribution is -2.56. The van der Waals surface area contributed by atoms with Crippen LogP contribution in [0.5, 0.6) is 0 Å². The molecular weight excluding hydrogens is 320 g/mol. The van der Waals surface area contributed by atoms with Crippen molar-refractivity contribution in [2.24, 2.45) is 21.9 Å². The maximum absolute atomic E-state index is 8.36. The minimum Gasteiger partial charge on any atom is -0.483 e. The Morgan fingerprint density at radius 1 is 1.32 bits per heavy atom. The molecule has 1 aliphatic carbocycles. The average Bonchev–Trinajstić information content (AvgIpc) is 3.07. The summed E-state index contributed by atoms with van der Waals surface area (Å²) in [5.74, 6) is 0.380. The van der Waals surface area contributed by atoms with Crippen molar-refractivity contribution in [1.29, 1.82) is 0 Å². The topological polar surface area (TPSA) is 142 Å². The number of aliphatic imine (C=N–C) groups is 1. The summed E-state index contributed by atoms with van der Waals surface area (Å²) in [4.78, 5) is 12.9. The smallest absolute Gasteiger partial charge is 0.290 e. The summed E-state index contributed by atoms with van der Waals surface area (Å²) in [7, 11) is 0. The number of guanidine groups is 1. The van der Waals surface area contributed by atoms with Crippen molar-refractivity contribution < 1.29 is 9.90 Å². The lowest BCUT2D eigenvalue weighted by Gasteiger charge is -2.51. The highest BCUT2D eigenvalue weighted by atomic mass is 16.3. The Morgan fingerprint density at radius 2 is 2.04 bits per heavy atom. The van der Waals surface area contributed by atoms with Crippen molar-refractivity contribution in [3.8, 4) is 11.3 Å². The third kappa shape index (κ3) is 2.74. The van der Waals surface area contributed by atoms with Gasteiger partial charge in [0, 0.05) is 28.4 Å². The number of fused-ring (bicyclic) bond motifs is 1. The van der Waals surface area contributed by atoms with Crippen molar-refractivity contribution in [1.82, 2.24) is 10.2 Å². The van der Waals surface area contributed by atoms with Crippen molar-refractivity contribution >= 4 is 18.1 Å². The second-order valence-corrected chi connectivity index (χ2v) is 6.64. The number of carbonyl (C=O) groups is 1. The fourth-order valence-corrected chi connectivity index (χ4v) is 3.53. The van der Waals surface area contributed by atoms with Crippen LogP contribution < -0.4 is 16.8 Å². The van der Waals surface area contributed by atoms with Crippen LogP contribution in [0.1, 0.15) is 31.7 Å². The number of hydrogen-bond acceptors (Lipinski definition) is 6. The minimum atomic E-state index is -0.761. The van der Waals surface area contributed by atoms with E-state index < -0.39 is 5.66 Å². The molecule has 0 saturated heterocycles. The normalized spacial score (nSPS) is 23.0. The zero-order valence-corrected chi connectivity index (χ0v) is 14.0. The van der Waals surface area contributed by atoms with E-state index in [0.717, 1.165) is 35.3 Å². The molecule has 1 aromatic carbocycles. The number of anilines is 1. The van der Waals surface area contributed by atoms with Crippen LogP contribution in [0.25, 0.3) is 11.3 Å². The van der Waals surface area contributed by atoms with E-state index in [-0.39, 0.29) is 11.9 Å². The van der Waals surface area contributed by atoms with Gasteiger partial charge in [0.05, 0.1) is 5.69 Å². The molecule has 0 spiro atoms. The quantitative estimate of drug-likeness (QED) is 0.527. The van der Waals surface area contributed by atoms with E-state index in [1.54, 1.807) is 6.20 Å². The van der Waals surface area contributed by atoms with Gasteiger partial charge in [-0.05, 0) is 25.0 Å². The van der Waals surface area contributed by atoms with Gasteiger partial charge in [0.15, 0.2) is 5.96 Å². The molecule has 1 fully saturated rings. The summed E-state index contributed by atoms with van der Waals surface area (Å²) in [6.07, 6.45) is 5.07. The number of hydrogen-bond donors (Lipinski definition) is 5. The zero-order valence-electron chi connectivity index (χ0n) is 14.0. The van der Waals surface area contributed by atoms with Crippen LogP contribution in [0.2, 0.25) is 0 Å². The monoisotopic (exact) mass is 342 g/mol. The van der Waals surface area contributed by atoms with E-state index in [1.165, 1.54) is 6.42 Å². The lowest BCUT2D eigenvalue weighted by atomic mass is 9.60. The van der Waals surface area contributed by atoms with E-state index in [1.807, 2.05) is 12.1 Å². The van der Waals surface area contributed by atoms with Gasteiger partial charge in [0.2, 0.25) is 0 Å². The summed E-state index contributed by atoms with van der Waals surface area (Å²) in [6, 6.07) is 8.09. The third-order valence-corrected chi connectivity index (χ3v) is 5.18. The van der Waals surface area contributed by atoms with Crippen LogP contribution in [0.15, 0.2) is 35.5 Å². The molecule has 2 aliphatic rings. The van der Waals surface area contributed by atoms with E-state index in [4.69, 9.17) is 21.4 Å². The number of carboxylic acid groups (broad SMARTS) is 1. The molecule has 0 bridgehead atoms. The van der Waals surface area contributed by atoms with Gasteiger partial charge in [0.25, 0.3) is 6.47 Å². The Morgan fingerprint density at radius 3 is 2.60 bits per heavy atom. The summed E-state index contributed by atoms with van der Waals surface area (Å²) in [5.41, 5.74) is 15.9. The molecule has 0 radical (unpaired) electrons. The number of aromatic nitrogens is 2. The number of rotatable bonds is 2. The van der Waals surface area contributed by atoms with Gasteiger partial charge >= 0.3 is 0 Å². The molecule has 8 nitrogen and oxygen atoms in total. The summed E-state index contributed by atoms with van der Waals surface area (Å²) < 4.78 is 0. The summed E-state index contributed by atoms with van der Waals surface area (Å²) in [5, 5.41) is 17.0. The van der Waals surface area contributed by atoms with Gasteiger partial charge in [-0.2, -0.15) is 5.10 Å². The fourth-order valence-electron chi connectivity index (χ4n) is 3.53. The van der Waals surface area contributed by atoms with E-state index in [0.29, 0.717) is 5.96 Å². The molecule has 1 atom stereocenters. The first-order valence-corrected chi connectivity index (χ1v) is 8.07. The average molecular weight is 342 g/mol. The SMILES string of the molecule is CC1(C2(N)N=C(N)Nc3cc(-c4ccn[nH]4)ccc32)CCC1.O=CO. The fraction of sp³-hybridized carbons (Fsp3) is 0.353. The molecule has 25 heavy (non-hydrogen) atoms. The number of H-pyrrole nitrogens is 1. The first-order chi connectivity index (χ1) is 11.9. The van der Waals surface area contributed by atoms with Gasteiger partial charge in [-0.25, -0.2) is 4.99 Å². The maximum atomic E-state index is 8.36. The molecule has 1 unspecified atom stereocenters. The highest BCUT2D eigenvalue weighted by Crippen LogP contribution is 2.55. The Bertz CT molecular complexity index is 797. The number of nitrogens with one attached hydrogen (secondary N) is 2. The molecule has 1 aliphatic heterocycles. The third-order valence-electron chi connectivity index (χ3n) is 5.18. The Balaban J connectivity index is 0.000000569. The molecule has 1 aromatic heterocycles. The second kappa shape index (κ2) is 6.21. The maximum Gasteiger partial charge on any atom is 0.290 e. The van der Waals surface area contributed by atoms with Gasteiger partial charge in [-0.3, -0.25) is 9.89 Å². The molecule has 7 N–H and O–H groups in total. The molecule has 0 amide bonds. The Kier molecular flexibility index (Phi) is 4.22. The largest absolute Gasteiger partial charge is 0.483 e. The van der Waals surface area contributed by atoms with Crippen molar-refractivity contribution in [2.75, 3.05) is 5.32 Å². The molecule has 2 aromatic rings. The van der Waals surface area contributed by atoms with Gasteiger partial charge in [-0.1, -0.05) is 25.5 Å².